The van der Waals surface area contributed by atoms with Crippen molar-refractivity contribution < 1.29 is 19.2 Å². The van der Waals surface area contributed by atoms with Gasteiger partial charge in [-0.15, -0.1) is 0 Å². The molecule has 7 nitrogen and oxygen atoms in total. The van der Waals surface area contributed by atoms with Crippen LogP contribution in [0, 0.1) is 0 Å². The summed E-state index contributed by atoms with van der Waals surface area (Å²) in [5.41, 5.74) is 4.46. The average Bonchev–Trinajstić information content (AvgIpc) is 3.17. The van der Waals surface area contributed by atoms with Gasteiger partial charge in [-0.3, -0.25) is 15.1 Å². The summed E-state index contributed by atoms with van der Waals surface area (Å²) in [4.78, 5) is 30.2. The molecule has 0 spiro atoms. The summed E-state index contributed by atoms with van der Waals surface area (Å²) in [5.74, 6) is -0.314. The van der Waals surface area contributed by atoms with Crippen molar-refractivity contribution in [1.29, 1.82) is 0 Å². The highest BCUT2D eigenvalue weighted by Crippen LogP contribution is 2.11. The number of carbonyl (C=O) groups excluding carboxylic acids is 2. The Morgan fingerprint density at radius 1 is 1.07 bits per heavy atom. The second kappa shape index (κ2) is 10.6. The third-order valence-corrected chi connectivity index (χ3v) is 4.65. The summed E-state index contributed by atoms with van der Waals surface area (Å²) in [6.07, 6.45) is 1.20. The number of hydrogen-bond donors (Lipinski definition) is 3. The predicted octanol–water partition coefficient (Wildman–Crippen LogP) is 2.78. The lowest BCUT2D eigenvalue weighted by atomic mass is 10.1. The van der Waals surface area contributed by atoms with Crippen LogP contribution < -0.4 is 16.1 Å². The van der Waals surface area contributed by atoms with Crippen LogP contribution in [0.4, 0.5) is 4.79 Å². The zero-order valence-corrected chi connectivity index (χ0v) is 17.2. The number of benzene rings is 2. The molecule has 1 heterocycles. The van der Waals surface area contributed by atoms with Crippen molar-refractivity contribution in [3.63, 3.8) is 0 Å². The fraction of sp³-hybridized carbons (Fsp3) is 0.238. The Kier molecular flexibility index (Phi) is 7.66. The van der Waals surface area contributed by atoms with Gasteiger partial charge in [-0.05, 0) is 33.1 Å². The summed E-state index contributed by atoms with van der Waals surface area (Å²) in [6.45, 7) is 0.403. The van der Waals surface area contributed by atoms with Crippen LogP contribution in [-0.4, -0.2) is 30.7 Å². The van der Waals surface area contributed by atoms with Crippen LogP contribution in [0.1, 0.15) is 11.1 Å². The molecule has 1 aliphatic rings. The van der Waals surface area contributed by atoms with Gasteiger partial charge in [0, 0.05) is 6.42 Å². The van der Waals surface area contributed by atoms with Crippen molar-refractivity contribution in [3.05, 3.63) is 82.5 Å². The number of hydrogen-bond acceptors (Lipinski definition) is 5. The molecule has 2 atom stereocenters. The molecule has 2 amide bonds. The summed E-state index contributed by atoms with van der Waals surface area (Å²) < 4.78 is 5.97. The first-order valence-corrected chi connectivity index (χ1v) is 9.97. The highest BCUT2D eigenvalue weighted by Gasteiger charge is 2.24. The maximum Gasteiger partial charge on any atom is 0.408 e. The molecule has 0 radical (unpaired) electrons. The lowest BCUT2D eigenvalue weighted by Gasteiger charge is -2.19. The molecule has 29 heavy (non-hydrogen) atoms. The smallest absolute Gasteiger partial charge is 0.408 e. The third kappa shape index (κ3) is 6.92. The third-order valence-electron chi connectivity index (χ3n) is 4.22. The lowest BCUT2D eigenvalue weighted by Crippen LogP contribution is -2.49. The SMILES string of the molecule is O=C(N[C@H](Cc1ccccc1)C(=O)NCC1C=C(Br)NO1)OCc1ccccc1. The zero-order chi connectivity index (χ0) is 20.5. The highest BCUT2D eigenvalue weighted by molar-refractivity contribution is 9.11. The van der Waals surface area contributed by atoms with Crippen molar-refractivity contribution in [2.24, 2.45) is 0 Å². The molecule has 1 unspecified atom stereocenters. The number of rotatable bonds is 8. The minimum atomic E-state index is -0.776. The van der Waals surface area contributed by atoms with Gasteiger partial charge in [-0.25, -0.2) is 4.79 Å². The first kappa shape index (κ1) is 20.9. The normalized spacial score (nSPS) is 16.3. The van der Waals surface area contributed by atoms with Crippen LogP contribution >= 0.6 is 15.9 Å². The maximum absolute atomic E-state index is 12.7. The number of nitrogens with one attached hydrogen (secondary N) is 3. The molecule has 0 fully saturated rings. The molecule has 0 bridgehead atoms. The highest BCUT2D eigenvalue weighted by atomic mass is 79.9. The first-order valence-electron chi connectivity index (χ1n) is 9.18. The van der Waals surface area contributed by atoms with E-state index in [1.165, 1.54) is 0 Å². The van der Waals surface area contributed by atoms with Gasteiger partial charge < -0.3 is 15.4 Å². The molecule has 1 aliphatic heterocycles. The summed E-state index contributed by atoms with van der Waals surface area (Å²) >= 11 is 3.27. The first-order chi connectivity index (χ1) is 14.1. The Hall–Kier alpha value is -2.84. The standard InChI is InChI=1S/C21H22BrN3O4/c22-19-12-17(29-25-19)13-23-20(26)18(11-15-7-3-1-4-8-15)24-21(27)28-14-16-9-5-2-6-10-16/h1-10,12,17-18,25H,11,13-14H2,(H,23,26)(H,24,27)/t17?,18-/m1/s1. The molecule has 0 saturated carbocycles. The van der Waals surface area contributed by atoms with E-state index in [1.807, 2.05) is 60.7 Å². The van der Waals surface area contributed by atoms with E-state index in [-0.39, 0.29) is 25.2 Å². The Morgan fingerprint density at radius 3 is 2.34 bits per heavy atom. The quantitative estimate of drug-likeness (QED) is 0.528. The van der Waals surface area contributed by atoms with Crippen molar-refractivity contribution >= 4 is 27.9 Å². The second-order valence-corrected chi connectivity index (χ2v) is 7.32. The minimum absolute atomic E-state index is 0.132. The van der Waals surface area contributed by atoms with E-state index in [2.05, 4.69) is 32.0 Å². The number of halogens is 1. The van der Waals surface area contributed by atoms with E-state index in [0.717, 1.165) is 11.1 Å². The Bertz CT molecular complexity index is 846. The molecular weight excluding hydrogens is 438 g/mol. The van der Waals surface area contributed by atoms with Gasteiger partial charge in [0.1, 0.15) is 23.4 Å². The van der Waals surface area contributed by atoms with Gasteiger partial charge in [-0.2, -0.15) is 0 Å². The molecule has 2 aromatic carbocycles. The Labute approximate surface area is 177 Å². The predicted molar refractivity (Wildman–Crippen MR) is 112 cm³/mol. The molecule has 0 saturated heterocycles. The van der Waals surface area contributed by atoms with Gasteiger partial charge in [-0.1, -0.05) is 60.7 Å². The van der Waals surface area contributed by atoms with Crippen molar-refractivity contribution in [2.75, 3.05) is 6.54 Å². The topological polar surface area (TPSA) is 88.7 Å². The van der Waals surface area contributed by atoms with E-state index >= 15 is 0 Å². The summed E-state index contributed by atoms with van der Waals surface area (Å²) in [5, 5.41) is 5.47. The molecule has 2 aromatic rings. The fourth-order valence-electron chi connectivity index (χ4n) is 2.75. The van der Waals surface area contributed by atoms with Gasteiger partial charge >= 0.3 is 6.09 Å². The molecule has 0 aliphatic carbocycles. The molecule has 152 valence electrons. The molecule has 8 heteroatoms. The molecule has 3 rings (SSSR count). The van der Waals surface area contributed by atoms with Crippen LogP contribution in [-0.2, 0) is 27.4 Å². The Morgan fingerprint density at radius 2 is 1.72 bits per heavy atom. The Balaban J connectivity index is 1.57. The van der Waals surface area contributed by atoms with Gasteiger partial charge in [0.05, 0.1) is 6.54 Å². The largest absolute Gasteiger partial charge is 0.445 e. The maximum atomic E-state index is 12.7. The van der Waals surface area contributed by atoms with E-state index in [0.29, 0.717) is 11.0 Å². The van der Waals surface area contributed by atoms with Crippen LogP contribution in [0.25, 0.3) is 0 Å². The molecule has 3 N–H and O–H groups in total. The van der Waals surface area contributed by atoms with Crippen LogP contribution in [0.15, 0.2) is 71.3 Å². The molecular formula is C21H22BrN3O4. The summed E-state index contributed by atoms with van der Waals surface area (Å²) in [6, 6.07) is 18.1. The molecule has 0 aromatic heterocycles. The summed E-state index contributed by atoms with van der Waals surface area (Å²) in [7, 11) is 0. The average molecular weight is 460 g/mol. The van der Waals surface area contributed by atoms with E-state index < -0.39 is 12.1 Å². The van der Waals surface area contributed by atoms with Gasteiger partial charge in [0.2, 0.25) is 5.91 Å². The number of hydroxylamine groups is 1. The fourth-order valence-corrected chi connectivity index (χ4v) is 3.14. The van der Waals surface area contributed by atoms with Crippen LogP contribution in [0.2, 0.25) is 0 Å². The van der Waals surface area contributed by atoms with E-state index in [9.17, 15) is 9.59 Å². The van der Waals surface area contributed by atoms with Crippen LogP contribution in [0.3, 0.4) is 0 Å². The number of carbonyl (C=O) groups is 2. The minimum Gasteiger partial charge on any atom is -0.445 e. The number of amides is 2. The lowest BCUT2D eigenvalue weighted by molar-refractivity contribution is -0.123. The number of ether oxygens (including phenoxy) is 1. The van der Waals surface area contributed by atoms with E-state index in [1.54, 1.807) is 6.08 Å². The van der Waals surface area contributed by atoms with Crippen molar-refractivity contribution in [1.82, 2.24) is 16.1 Å². The zero-order valence-electron chi connectivity index (χ0n) is 15.6. The van der Waals surface area contributed by atoms with Crippen LogP contribution in [0.5, 0.6) is 0 Å². The van der Waals surface area contributed by atoms with Gasteiger partial charge in [0.25, 0.3) is 0 Å². The monoisotopic (exact) mass is 459 g/mol. The number of alkyl carbamates (subject to hydrolysis) is 1. The van der Waals surface area contributed by atoms with Crippen molar-refractivity contribution in [3.8, 4) is 0 Å². The van der Waals surface area contributed by atoms with Gasteiger partial charge in [0.15, 0.2) is 0 Å². The second-order valence-electron chi connectivity index (χ2n) is 6.47. The van der Waals surface area contributed by atoms with E-state index in [4.69, 9.17) is 9.57 Å². The van der Waals surface area contributed by atoms with Crippen molar-refractivity contribution in [2.45, 2.75) is 25.2 Å².